The Balaban J connectivity index is 1.67. The van der Waals surface area contributed by atoms with Crippen LogP contribution < -0.4 is 5.32 Å². The van der Waals surface area contributed by atoms with Crippen LogP contribution in [0.1, 0.15) is 5.56 Å². The summed E-state index contributed by atoms with van der Waals surface area (Å²) in [5.41, 5.74) is 2.18. The quantitative estimate of drug-likeness (QED) is 0.627. The first-order valence-electron chi connectivity index (χ1n) is 7.50. The van der Waals surface area contributed by atoms with Crippen LogP contribution in [0.25, 0.3) is 11.0 Å². The smallest absolute Gasteiger partial charge is 0.229 e. The average molecular weight is 322 g/mol. The lowest BCUT2D eigenvalue weighted by Gasteiger charge is -2.07. The Morgan fingerprint density at radius 3 is 2.83 bits per heavy atom. The van der Waals surface area contributed by atoms with Gasteiger partial charge in [-0.2, -0.15) is 10.1 Å². The monoisotopic (exact) mass is 322 g/mol. The molecule has 0 radical (unpaired) electrons. The Kier molecular flexibility index (Phi) is 3.45. The van der Waals surface area contributed by atoms with Crippen molar-refractivity contribution in [3.05, 3.63) is 66.5 Å². The van der Waals surface area contributed by atoms with E-state index in [0.717, 1.165) is 16.7 Å². The molecule has 0 saturated carbocycles. The number of nitrogens with zero attached hydrogens (tertiary/aromatic N) is 5. The minimum Gasteiger partial charge on any atom is -0.328 e. The first-order valence-corrected chi connectivity index (χ1v) is 7.50. The Morgan fingerprint density at radius 1 is 1.17 bits per heavy atom. The van der Waals surface area contributed by atoms with E-state index in [0.29, 0.717) is 18.1 Å². The fraction of sp³-hybridized carbons (Fsp3) is 0.118. The van der Waals surface area contributed by atoms with E-state index in [2.05, 4.69) is 20.4 Å². The van der Waals surface area contributed by atoms with E-state index in [1.165, 1.54) is 6.07 Å². The molecule has 0 aliphatic rings. The number of halogens is 1. The number of hydrogen-bond acceptors (Lipinski definition) is 4. The summed E-state index contributed by atoms with van der Waals surface area (Å²) >= 11 is 0. The molecule has 1 aromatic carbocycles. The van der Waals surface area contributed by atoms with Gasteiger partial charge in [0, 0.05) is 36.6 Å². The summed E-state index contributed by atoms with van der Waals surface area (Å²) < 4.78 is 17.5. The molecule has 7 heteroatoms. The van der Waals surface area contributed by atoms with Gasteiger partial charge in [0.25, 0.3) is 0 Å². The summed E-state index contributed by atoms with van der Waals surface area (Å²) in [7, 11) is 1.84. The first-order chi connectivity index (χ1) is 11.7. The molecule has 4 aromatic rings. The van der Waals surface area contributed by atoms with Crippen LogP contribution in [0.3, 0.4) is 0 Å². The highest BCUT2D eigenvalue weighted by atomic mass is 19.1. The van der Waals surface area contributed by atoms with Crippen molar-refractivity contribution in [3.63, 3.8) is 0 Å². The van der Waals surface area contributed by atoms with Gasteiger partial charge in [-0.1, -0.05) is 18.2 Å². The highest BCUT2D eigenvalue weighted by molar-refractivity contribution is 5.76. The molecular formula is C17H15FN6. The Bertz CT molecular complexity index is 1000. The van der Waals surface area contributed by atoms with Crippen molar-refractivity contribution in [1.82, 2.24) is 24.3 Å². The molecule has 0 bridgehead atoms. The van der Waals surface area contributed by atoms with Crippen molar-refractivity contribution < 1.29 is 4.39 Å². The maximum Gasteiger partial charge on any atom is 0.229 e. The minimum atomic E-state index is -0.220. The number of aromatic nitrogens is 5. The average Bonchev–Trinajstić information content (AvgIpc) is 3.16. The molecule has 0 atom stereocenters. The fourth-order valence-electron chi connectivity index (χ4n) is 2.58. The van der Waals surface area contributed by atoms with E-state index in [9.17, 15) is 4.39 Å². The predicted molar refractivity (Wildman–Crippen MR) is 89.5 cm³/mol. The van der Waals surface area contributed by atoms with E-state index in [-0.39, 0.29) is 5.82 Å². The number of rotatable bonds is 4. The number of anilines is 2. The molecule has 0 aliphatic heterocycles. The normalized spacial score (nSPS) is 11.1. The highest BCUT2D eigenvalue weighted by Gasteiger charge is 2.08. The summed E-state index contributed by atoms with van der Waals surface area (Å²) in [4.78, 5) is 8.85. The Labute approximate surface area is 137 Å². The van der Waals surface area contributed by atoms with Crippen molar-refractivity contribution >= 4 is 22.7 Å². The second-order valence-corrected chi connectivity index (χ2v) is 5.54. The van der Waals surface area contributed by atoms with Gasteiger partial charge in [0.1, 0.15) is 11.5 Å². The summed E-state index contributed by atoms with van der Waals surface area (Å²) in [6.45, 7) is 0.416. The van der Waals surface area contributed by atoms with Crippen LogP contribution in [0, 0.1) is 5.82 Å². The van der Waals surface area contributed by atoms with Crippen LogP contribution >= 0.6 is 0 Å². The molecule has 0 fully saturated rings. The van der Waals surface area contributed by atoms with Gasteiger partial charge in [0.15, 0.2) is 0 Å². The molecule has 0 aliphatic carbocycles. The van der Waals surface area contributed by atoms with Gasteiger partial charge < -0.3 is 9.88 Å². The van der Waals surface area contributed by atoms with Gasteiger partial charge in [0.05, 0.1) is 18.4 Å². The van der Waals surface area contributed by atoms with Gasteiger partial charge in [-0.05, 0) is 12.1 Å². The van der Waals surface area contributed by atoms with E-state index in [1.807, 2.05) is 36.1 Å². The number of benzene rings is 1. The largest absolute Gasteiger partial charge is 0.328 e. The molecule has 6 nitrogen and oxygen atoms in total. The second kappa shape index (κ2) is 5.77. The molecule has 1 N–H and O–H groups in total. The van der Waals surface area contributed by atoms with E-state index < -0.39 is 0 Å². The van der Waals surface area contributed by atoms with Crippen molar-refractivity contribution in [2.45, 2.75) is 6.54 Å². The molecule has 0 spiro atoms. The molecule has 0 amide bonds. The van der Waals surface area contributed by atoms with Crippen molar-refractivity contribution in [1.29, 1.82) is 0 Å². The van der Waals surface area contributed by atoms with Crippen LogP contribution in [-0.2, 0) is 13.6 Å². The number of fused-ring (bicyclic) bond motifs is 1. The van der Waals surface area contributed by atoms with Crippen molar-refractivity contribution in [2.75, 3.05) is 5.32 Å². The summed E-state index contributed by atoms with van der Waals surface area (Å²) in [5, 5.41) is 8.12. The SMILES string of the molecule is Cn1cc(Nc2ncc3ccn(Cc4ccccc4F)c3n2)cn1. The third kappa shape index (κ3) is 2.71. The Hall–Kier alpha value is -3.22. The van der Waals surface area contributed by atoms with Crippen LogP contribution in [0.2, 0.25) is 0 Å². The predicted octanol–water partition coefficient (Wildman–Crippen LogP) is 3.10. The van der Waals surface area contributed by atoms with E-state index >= 15 is 0 Å². The van der Waals surface area contributed by atoms with Gasteiger partial charge in [-0.3, -0.25) is 4.68 Å². The topological polar surface area (TPSA) is 60.6 Å². The van der Waals surface area contributed by atoms with Gasteiger partial charge in [-0.25, -0.2) is 9.37 Å². The molecule has 24 heavy (non-hydrogen) atoms. The molecule has 3 aromatic heterocycles. The number of hydrogen-bond donors (Lipinski definition) is 1. The third-order valence-corrected chi connectivity index (χ3v) is 3.76. The molecule has 3 heterocycles. The molecule has 0 unspecified atom stereocenters. The molecule has 0 saturated heterocycles. The zero-order valence-electron chi connectivity index (χ0n) is 13.0. The minimum absolute atomic E-state index is 0.220. The highest BCUT2D eigenvalue weighted by Crippen LogP contribution is 2.19. The van der Waals surface area contributed by atoms with Gasteiger partial charge >= 0.3 is 0 Å². The maximum atomic E-state index is 13.9. The third-order valence-electron chi connectivity index (χ3n) is 3.76. The maximum absolute atomic E-state index is 13.9. The fourth-order valence-corrected chi connectivity index (χ4v) is 2.58. The summed E-state index contributed by atoms with van der Waals surface area (Å²) in [5.74, 6) is 0.256. The van der Waals surface area contributed by atoms with Gasteiger partial charge in [0.2, 0.25) is 5.95 Å². The zero-order valence-corrected chi connectivity index (χ0v) is 13.0. The zero-order chi connectivity index (χ0) is 16.5. The van der Waals surface area contributed by atoms with Crippen molar-refractivity contribution in [2.24, 2.45) is 7.05 Å². The Morgan fingerprint density at radius 2 is 2.04 bits per heavy atom. The van der Waals surface area contributed by atoms with Crippen LogP contribution in [0.5, 0.6) is 0 Å². The van der Waals surface area contributed by atoms with E-state index in [4.69, 9.17) is 0 Å². The van der Waals surface area contributed by atoms with E-state index in [1.54, 1.807) is 29.2 Å². The molecular weight excluding hydrogens is 307 g/mol. The van der Waals surface area contributed by atoms with Gasteiger partial charge in [-0.15, -0.1) is 0 Å². The standard InChI is InChI=1S/C17H15FN6/c1-23-11-14(9-20-23)21-17-19-8-12-6-7-24(16(12)22-17)10-13-4-2-3-5-15(13)18/h2-9,11H,10H2,1H3,(H,19,21,22). The first kappa shape index (κ1) is 14.4. The van der Waals surface area contributed by atoms with Crippen LogP contribution in [0.4, 0.5) is 16.0 Å². The van der Waals surface area contributed by atoms with Crippen LogP contribution in [0.15, 0.2) is 55.1 Å². The second-order valence-electron chi connectivity index (χ2n) is 5.54. The number of nitrogens with one attached hydrogen (secondary N) is 1. The lowest BCUT2D eigenvalue weighted by atomic mass is 10.2. The van der Waals surface area contributed by atoms with Crippen molar-refractivity contribution in [3.8, 4) is 0 Å². The summed E-state index contributed by atoms with van der Waals surface area (Å²) in [6, 6.07) is 8.67. The van der Waals surface area contributed by atoms with Crippen LogP contribution in [-0.4, -0.2) is 24.3 Å². The number of aryl methyl sites for hydroxylation is 1. The molecule has 4 rings (SSSR count). The lowest BCUT2D eigenvalue weighted by Crippen LogP contribution is -2.03. The molecule has 120 valence electrons. The lowest BCUT2D eigenvalue weighted by molar-refractivity contribution is 0.601. The summed E-state index contributed by atoms with van der Waals surface area (Å²) in [6.07, 6.45) is 7.18.